The Morgan fingerprint density at radius 3 is 2.84 bits per heavy atom. The molecule has 0 spiro atoms. The van der Waals surface area contributed by atoms with E-state index in [1.165, 1.54) is 17.3 Å². The van der Waals surface area contributed by atoms with Gasteiger partial charge in [-0.15, -0.1) is 0 Å². The summed E-state index contributed by atoms with van der Waals surface area (Å²) in [5, 5.41) is 0.764. The zero-order valence-corrected chi connectivity index (χ0v) is 11.6. The third kappa shape index (κ3) is 2.38. The number of fused-ring (bicyclic) bond motifs is 1. The summed E-state index contributed by atoms with van der Waals surface area (Å²) >= 11 is 11.8. The minimum Gasteiger partial charge on any atom is -0.292 e. The van der Waals surface area contributed by atoms with E-state index in [0.717, 1.165) is 6.42 Å². The van der Waals surface area contributed by atoms with Gasteiger partial charge in [-0.1, -0.05) is 47.5 Å². The van der Waals surface area contributed by atoms with Crippen molar-refractivity contribution in [3.05, 3.63) is 63.4 Å². The predicted molar refractivity (Wildman–Crippen MR) is 76.1 cm³/mol. The molecule has 1 aromatic heterocycles. The van der Waals surface area contributed by atoms with E-state index in [9.17, 15) is 4.79 Å². The van der Waals surface area contributed by atoms with Gasteiger partial charge < -0.3 is 0 Å². The molecule has 3 rings (SSSR count). The lowest BCUT2D eigenvalue weighted by Gasteiger charge is -2.29. The molecule has 0 amide bonds. The average molecular weight is 292 g/mol. The van der Waals surface area contributed by atoms with Crippen LogP contribution >= 0.6 is 23.2 Å². The highest BCUT2D eigenvalue weighted by molar-refractivity contribution is 6.36. The molecule has 0 radical (unpaired) electrons. The van der Waals surface area contributed by atoms with Gasteiger partial charge in [0.1, 0.15) is 5.69 Å². The van der Waals surface area contributed by atoms with Crippen LogP contribution in [0.15, 0.2) is 36.5 Å². The van der Waals surface area contributed by atoms with E-state index in [-0.39, 0.29) is 11.7 Å². The van der Waals surface area contributed by atoms with Crippen molar-refractivity contribution in [3.8, 4) is 0 Å². The Kier molecular flexibility index (Phi) is 3.29. The maximum atomic E-state index is 12.2. The summed E-state index contributed by atoms with van der Waals surface area (Å²) in [7, 11) is 0. The first-order valence-corrected chi connectivity index (χ1v) is 6.83. The van der Waals surface area contributed by atoms with Crippen molar-refractivity contribution < 1.29 is 4.79 Å². The number of pyridine rings is 1. The van der Waals surface area contributed by atoms with Crippen molar-refractivity contribution >= 4 is 29.0 Å². The highest BCUT2D eigenvalue weighted by Crippen LogP contribution is 2.38. The zero-order chi connectivity index (χ0) is 13.4. The second-order valence-electron chi connectivity index (χ2n) is 4.71. The number of aromatic nitrogens is 1. The van der Waals surface area contributed by atoms with Gasteiger partial charge in [-0.3, -0.25) is 9.78 Å². The minimum atomic E-state index is -0.0267. The quantitative estimate of drug-likeness (QED) is 0.789. The summed E-state index contributed by atoms with van der Waals surface area (Å²) in [4.78, 5) is 16.2. The number of halogens is 2. The maximum absolute atomic E-state index is 12.2. The first-order valence-electron chi connectivity index (χ1n) is 6.07. The highest BCUT2D eigenvalue weighted by atomic mass is 35.5. The normalized spacial score (nSPS) is 16.6. The Balaban J connectivity index is 1.77. The molecule has 19 heavy (non-hydrogen) atoms. The molecule has 0 fully saturated rings. The second kappa shape index (κ2) is 4.95. The monoisotopic (exact) mass is 291 g/mol. The van der Waals surface area contributed by atoms with Gasteiger partial charge in [-0.2, -0.15) is 0 Å². The van der Waals surface area contributed by atoms with E-state index >= 15 is 0 Å². The third-order valence-electron chi connectivity index (χ3n) is 3.46. The fourth-order valence-corrected chi connectivity index (χ4v) is 2.97. The number of rotatable bonds is 3. The Labute approximate surface area is 121 Å². The Bertz CT molecular complexity index is 654. The number of hydrogen-bond donors (Lipinski definition) is 0. The fraction of sp³-hybridized carbons (Fsp3) is 0.200. The molecule has 0 saturated heterocycles. The van der Waals surface area contributed by atoms with Gasteiger partial charge in [0, 0.05) is 12.6 Å². The summed E-state index contributed by atoms with van der Waals surface area (Å²) in [6.45, 7) is 0. The summed E-state index contributed by atoms with van der Waals surface area (Å²) in [5.41, 5.74) is 2.91. The Morgan fingerprint density at radius 1 is 1.32 bits per heavy atom. The fourth-order valence-electron chi connectivity index (χ4n) is 2.49. The number of carbonyl (C=O) groups excluding carboxylic acids is 1. The molecule has 1 aliphatic carbocycles. The van der Waals surface area contributed by atoms with E-state index < -0.39 is 0 Å². The SMILES string of the molecule is O=C(CC1Cc2ccccc21)c1ncc(Cl)cc1Cl. The third-order valence-corrected chi connectivity index (χ3v) is 3.96. The van der Waals surface area contributed by atoms with Gasteiger partial charge >= 0.3 is 0 Å². The van der Waals surface area contributed by atoms with Crippen LogP contribution in [0.4, 0.5) is 0 Å². The molecule has 0 bridgehead atoms. The largest absolute Gasteiger partial charge is 0.292 e. The molecule has 1 aromatic carbocycles. The highest BCUT2D eigenvalue weighted by Gasteiger charge is 2.28. The van der Waals surface area contributed by atoms with Gasteiger partial charge in [0.15, 0.2) is 5.78 Å². The molecular weight excluding hydrogens is 281 g/mol. The smallest absolute Gasteiger partial charge is 0.183 e. The van der Waals surface area contributed by atoms with Crippen LogP contribution in [0, 0.1) is 0 Å². The van der Waals surface area contributed by atoms with Gasteiger partial charge in [0.25, 0.3) is 0 Å². The van der Waals surface area contributed by atoms with Gasteiger partial charge in [-0.05, 0) is 29.5 Å². The molecule has 1 heterocycles. The summed E-state index contributed by atoms with van der Waals surface area (Å²) in [5.74, 6) is 0.262. The Hall–Kier alpha value is -1.38. The maximum Gasteiger partial charge on any atom is 0.183 e. The first kappa shape index (κ1) is 12.6. The van der Waals surface area contributed by atoms with Crippen molar-refractivity contribution in [2.45, 2.75) is 18.8 Å². The summed E-state index contributed by atoms with van der Waals surface area (Å²) in [6, 6.07) is 9.76. The minimum absolute atomic E-state index is 0.0267. The van der Waals surface area contributed by atoms with Crippen LogP contribution in [-0.4, -0.2) is 10.8 Å². The lowest BCUT2D eigenvalue weighted by atomic mass is 9.75. The molecule has 0 saturated carbocycles. The van der Waals surface area contributed by atoms with E-state index in [1.807, 2.05) is 12.1 Å². The molecule has 2 aromatic rings. The standard InChI is InChI=1S/C15H11Cl2NO/c16-11-7-13(17)15(18-8-11)14(19)6-10-5-9-3-1-2-4-12(9)10/h1-4,7-8,10H,5-6H2. The molecular formula is C15H11Cl2NO. The first-order chi connectivity index (χ1) is 9.15. The van der Waals surface area contributed by atoms with E-state index in [4.69, 9.17) is 23.2 Å². The number of ketones is 1. The van der Waals surface area contributed by atoms with Crippen LogP contribution in [0.25, 0.3) is 0 Å². The molecule has 96 valence electrons. The Morgan fingerprint density at radius 2 is 2.11 bits per heavy atom. The van der Waals surface area contributed by atoms with Crippen molar-refractivity contribution in [2.75, 3.05) is 0 Å². The van der Waals surface area contributed by atoms with E-state index in [2.05, 4.69) is 17.1 Å². The van der Waals surface area contributed by atoms with Crippen molar-refractivity contribution in [2.24, 2.45) is 0 Å². The summed E-state index contributed by atoms with van der Waals surface area (Å²) < 4.78 is 0. The van der Waals surface area contributed by atoms with Crippen LogP contribution in [0.3, 0.4) is 0 Å². The van der Waals surface area contributed by atoms with Crippen LogP contribution in [0.2, 0.25) is 10.0 Å². The molecule has 1 aliphatic rings. The van der Waals surface area contributed by atoms with E-state index in [0.29, 0.717) is 22.2 Å². The molecule has 0 N–H and O–H groups in total. The molecule has 2 nitrogen and oxygen atoms in total. The number of nitrogens with zero attached hydrogens (tertiary/aromatic N) is 1. The molecule has 4 heteroatoms. The topological polar surface area (TPSA) is 30.0 Å². The lowest BCUT2D eigenvalue weighted by Crippen LogP contribution is -2.20. The number of benzene rings is 1. The molecule has 0 aliphatic heterocycles. The number of hydrogen-bond acceptors (Lipinski definition) is 2. The van der Waals surface area contributed by atoms with E-state index in [1.54, 1.807) is 6.07 Å². The number of carbonyl (C=O) groups is 1. The molecule has 1 unspecified atom stereocenters. The summed E-state index contributed by atoms with van der Waals surface area (Å²) in [6.07, 6.45) is 2.86. The van der Waals surface area contributed by atoms with Crippen LogP contribution in [-0.2, 0) is 6.42 Å². The van der Waals surface area contributed by atoms with Crippen molar-refractivity contribution in [1.29, 1.82) is 0 Å². The van der Waals surface area contributed by atoms with Gasteiger partial charge in [0.2, 0.25) is 0 Å². The molecule has 1 atom stereocenters. The van der Waals surface area contributed by atoms with Gasteiger partial charge in [0.05, 0.1) is 10.0 Å². The van der Waals surface area contributed by atoms with Crippen LogP contribution in [0.1, 0.15) is 34.0 Å². The van der Waals surface area contributed by atoms with Crippen LogP contribution in [0.5, 0.6) is 0 Å². The second-order valence-corrected chi connectivity index (χ2v) is 5.55. The van der Waals surface area contributed by atoms with Crippen molar-refractivity contribution in [1.82, 2.24) is 4.98 Å². The van der Waals surface area contributed by atoms with Crippen LogP contribution < -0.4 is 0 Å². The predicted octanol–water partition coefficient (Wildman–Crippen LogP) is 4.30. The number of Topliss-reactive ketones (excluding diaryl/α,β-unsaturated/α-hetero) is 1. The van der Waals surface area contributed by atoms with Crippen molar-refractivity contribution in [3.63, 3.8) is 0 Å². The lowest BCUT2D eigenvalue weighted by molar-refractivity contribution is 0.0966. The zero-order valence-electron chi connectivity index (χ0n) is 10.1. The average Bonchev–Trinajstić information content (AvgIpc) is 2.35. The van der Waals surface area contributed by atoms with Gasteiger partial charge in [-0.25, -0.2) is 0 Å².